The fourth-order valence-electron chi connectivity index (χ4n) is 2.53. The zero-order valence-corrected chi connectivity index (χ0v) is 11.2. The second-order valence-electron chi connectivity index (χ2n) is 6.00. The third-order valence-electron chi connectivity index (χ3n) is 3.88. The van der Waals surface area contributed by atoms with E-state index in [1.807, 2.05) is 12.1 Å². The van der Waals surface area contributed by atoms with E-state index in [1.54, 1.807) is 6.07 Å². The molecule has 1 aliphatic rings. The summed E-state index contributed by atoms with van der Waals surface area (Å²) in [6, 6.07) is 8.20. The lowest BCUT2D eigenvalue weighted by Gasteiger charge is -2.35. The van der Waals surface area contributed by atoms with Crippen molar-refractivity contribution in [3.05, 3.63) is 23.8 Å². The van der Waals surface area contributed by atoms with Gasteiger partial charge in [0.2, 0.25) is 0 Å². The van der Waals surface area contributed by atoms with E-state index in [4.69, 9.17) is 11.0 Å². The maximum Gasteiger partial charge on any atom is 0.101 e. The maximum absolute atomic E-state index is 8.84. The standard InChI is InChI=1S/C15H21N3/c1-15(2)7-5-12(6-8-15)18-13-4-3-11(10-16)14(17)9-13/h3-4,9,12,18H,5-8,17H2,1-2H3. The topological polar surface area (TPSA) is 61.8 Å². The fourth-order valence-corrected chi connectivity index (χ4v) is 2.53. The Labute approximate surface area is 109 Å². The first-order chi connectivity index (χ1) is 8.50. The van der Waals surface area contributed by atoms with Crippen molar-refractivity contribution >= 4 is 11.4 Å². The van der Waals surface area contributed by atoms with Crippen molar-refractivity contribution in [1.82, 2.24) is 0 Å². The summed E-state index contributed by atoms with van der Waals surface area (Å²) < 4.78 is 0. The summed E-state index contributed by atoms with van der Waals surface area (Å²) >= 11 is 0. The summed E-state index contributed by atoms with van der Waals surface area (Å²) in [6.45, 7) is 4.67. The van der Waals surface area contributed by atoms with Crippen LogP contribution >= 0.6 is 0 Å². The van der Waals surface area contributed by atoms with Gasteiger partial charge in [-0.1, -0.05) is 13.8 Å². The molecule has 0 unspecified atom stereocenters. The van der Waals surface area contributed by atoms with E-state index in [1.165, 1.54) is 25.7 Å². The highest BCUT2D eigenvalue weighted by Crippen LogP contribution is 2.36. The molecule has 3 heteroatoms. The van der Waals surface area contributed by atoms with Gasteiger partial charge in [-0.05, 0) is 49.3 Å². The van der Waals surface area contributed by atoms with E-state index < -0.39 is 0 Å². The Kier molecular flexibility index (Phi) is 3.47. The van der Waals surface area contributed by atoms with Crippen molar-refractivity contribution in [1.29, 1.82) is 5.26 Å². The average molecular weight is 243 g/mol. The van der Waals surface area contributed by atoms with Crippen molar-refractivity contribution in [2.75, 3.05) is 11.1 Å². The van der Waals surface area contributed by atoms with Crippen LogP contribution in [0.3, 0.4) is 0 Å². The third-order valence-corrected chi connectivity index (χ3v) is 3.88. The Hall–Kier alpha value is -1.69. The molecule has 0 aromatic heterocycles. The Bertz CT molecular complexity index is 461. The van der Waals surface area contributed by atoms with Crippen LogP contribution in [0, 0.1) is 16.7 Å². The summed E-state index contributed by atoms with van der Waals surface area (Å²) in [4.78, 5) is 0. The Morgan fingerprint density at radius 1 is 1.33 bits per heavy atom. The largest absolute Gasteiger partial charge is 0.398 e. The van der Waals surface area contributed by atoms with Crippen LogP contribution in [0.4, 0.5) is 11.4 Å². The van der Waals surface area contributed by atoms with Gasteiger partial charge in [0.25, 0.3) is 0 Å². The van der Waals surface area contributed by atoms with Crippen LogP contribution in [0.15, 0.2) is 18.2 Å². The molecule has 0 spiro atoms. The van der Waals surface area contributed by atoms with Crippen molar-refractivity contribution in [2.24, 2.45) is 5.41 Å². The van der Waals surface area contributed by atoms with Gasteiger partial charge in [0, 0.05) is 11.7 Å². The number of nitrogens with one attached hydrogen (secondary N) is 1. The molecule has 0 amide bonds. The molecule has 3 N–H and O–H groups in total. The zero-order chi connectivity index (χ0) is 13.2. The smallest absolute Gasteiger partial charge is 0.101 e. The molecule has 18 heavy (non-hydrogen) atoms. The highest BCUT2D eigenvalue weighted by atomic mass is 14.9. The highest BCUT2D eigenvalue weighted by molar-refractivity contribution is 5.62. The van der Waals surface area contributed by atoms with Gasteiger partial charge < -0.3 is 11.1 Å². The Morgan fingerprint density at radius 3 is 2.56 bits per heavy atom. The third kappa shape index (κ3) is 2.95. The van der Waals surface area contributed by atoms with Gasteiger partial charge in [-0.25, -0.2) is 0 Å². The predicted octanol–water partition coefficient (Wildman–Crippen LogP) is 3.52. The van der Waals surface area contributed by atoms with Crippen molar-refractivity contribution in [3.63, 3.8) is 0 Å². The van der Waals surface area contributed by atoms with Crippen LogP contribution < -0.4 is 11.1 Å². The molecule has 0 atom stereocenters. The Balaban J connectivity index is 1.99. The molecule has 0 saturated heterocycles. The number of hydrogen-bond donors (Lipinski definition) is 2. The van der Waals surface area contributed by atoms with Gasteiger partial charge >= 0.3 is 0 Å². The molecule has 1 aromatic carbocycles. The van der Waals surface area contributed by atoms with Crippen LogP contribution in [-0.2, 0) is 0 Å². The molecular formula is C15H21N3. The number of hydrogen-bond acceptors (Lipinski definition) is 3. The minimum Gasteiger partial charge on any atom is -0.398 e. The summed E-state index contributed by atoms with van der Waals surface area (Å²) in [7, 11) is 0. The van der Waals surface area contributed by atoms with Gasteiger partial charge in [-0.3, -0.25) is 0 Å². The number of rotatable bonds is 2. The first-order valence-electron chi connectivity index (χ1n) is 6.56. The molecule has 1 aromatic rings. The summed E-state index contributed by atoms with van der Waals surface area (Å²) in [5, 5.41) is 12.4. The number of nitrogens with zero attached hydrogens (tertiary/aromatic N) is 1. The molecule has 1 aliphatic carbocycles. The van der Waals surface area contributed by atoms with Crippen molar-refractivity contribution < 1.29 is 0 Å². The molecule has 1 fully saturated rings. The van der Waals surface area contributed by atoms with Crippen LogP contribution in [0.5, 0.6) is 0 Å². The zero-order valence-electron chi connectivity index (χ0n) is 11.2. The van der Waals surface area contributed by atoms with Crippen LogP contribution in [-0.4, -0.2) is 6.04 Å². The molecular weight excluding hydrogens is 222 g/mol. The van der Waals surface area contributed by atoms with E-state index in [-0.39, 0.29) is 0 Å². The molecule has 0 aliphatic heterocycles. The van der Waals surface area contributed by atoms with E-state index in [9.17, 15) is 0 Å². The van der Waals surface area contributed by atoms with E-state index in [0.717, 1.165) is 5.69 Å². The maximum atomic E-state index is 8.84. The van der Waals surface area contributed by atoms with Crippen molar-refractivity contribution in [2.45, 2.75) is 45.6 Å². The average Bonchev–Trinajstić information content (AvgIpc) is 2.32. The number of anilines is 2. The second-order valence-corrected chi connectivity index (χ2v) is 6.00. The van der Waals surface area contributed by atoms with Crippen LogP contribution in [0.1, 0.15) is 45.1 Å². The molecule has 3 nitrogen and oxygen atoms in total. The van der Waals surface area contributed by atoms with Gasteiger partial charge in [-0.2, -0.15) is 5.26 Å². The fraction of sp³-hybridized carbons (Fsp3) is 0.533. The summed E-state index contributed by atoms with van der Waals surface area (Å²) in [5.41, 5.74) is 8.43. The van der Waals surface area contributed by atoms with E-state index in [0.29, 0.717) is 22.7 Å². The van der Waals surface area contributed by atoms with Crippen LogP contribution in [0.25, 0.3) is 0 Å². The van der Waals surface area contributed by atoms with Gasteiger partial charge in [0.1, 0.15) is 6.07 Å². The second kappa shape index (κ2) is 4.89. The minimum atomic E-state index is 0.488. The first kappa shape index (κ1) is 12.8. The lowest BCUT2D eigenvalue weighted by molar-refractivity contribution is 0.232. The monoisotopic (exact) mass is 243 g/mol. The number of nitriles is 1. The minimum absolute atomic E-state index is 0.488. The van der Waals surface area contributed by atoms with Gasteiger partial charge in [-0.15, -0.1) is 0 Å². The number of nitrogens with two attached hydrogens (primary N) is 1. The molecule has 0 radical (unpaired) electrons. The summed E-state index contributed by atoms with van der Waals surface area (Å²) in [5.74, 6) is 0. The quantitative estimate of drug-likeness (QED) is 0.781. The Morgan fingerprint density at radius 2 is 2.00 bits per heavy atom. The van der Waals surface area contributed by atoms with Gasteiger partial charge in [0.05, 0.1) is 11.3 Å². The van der Waals surface area contributed by atoms with E-state index in [2.05, 4.69) is 25.2 Å². The molecule has 1 saturated carbocycles. The first-order valence-corrected chi connectivity index (χ1v) is 6.56. The number of nitrogen functional groups attached to an aromatic ring is 1. The van der Waals surface area contributed by atoms with Crippen molar-refractivity contribution in [3.8, 4) is 6.07 Å². The van der Waals surface area contributed by atoms with Crippen LogP contribution in [0.2, 0.25) is 0 Å². The molecule has 2 rings (SSSR count). The van der Waals surface area contributed by atoms with E-state index >= 15 is 0 Å². The lowest BCUT2D eigenvalue weighted by atomic mass is 9.75. The summed E-state index contributed by atoms with van der Waals surface area (Å²) in [6.07, 6.45) is 4.92. The SMILES string of the molecule is CC1(C)CCC(Nc2ccc(C#N)c(N)c2)CC1. The number of benzene rings is 1. The van der Waals surface area contributed by atoms with Gasteiger partial charge in [0.15, 0.2) is 0 Å². The molecule has 0 bridgehead atoms. The molecule has 96 valence electrons. The predicted molar refractivity (Wildman–Crippen MR) is 75.2 cm³/mol. The molecule has 0 heterocycles. The highest BCUT2D eigenvalue weighted by Gasteiger charge is 2.26. The normalized spacial score (nSPS) is 19.2. The lowest BCUT2D eigenvalue weighted by Crippen LogP contribution is -2.29.